The van der Waals surface area contributed by atoms with Gasteiger partial charge in [0.1, 0.15) is 5.82 Å². The van der Waals surface area contributed by atoms with Crippen LogP contribution in [0.4, 0.5) is 5.69 Å². The number of aromatic nitrogens is 2. The Labute approximate surface area is 180 Å². The highest BCUT2D eigenvalue weighted by Gasteiger charge is 2.29. The average Bonchev–Trinajstić information content (AvgIpc) is 3.58. The Hall–Kier alpha value is -3.55. The summed E-state index contributed by atoms with van der Waals surface area (Å²) in [6, 6.07) is 10.6. The van der Waals surface area contributed by atoms with Gasteiger partial charge in [0, 0.05) is 37.2 Å². The molecule has 1 fully saturated rings. The summed E-state index contributed by atoms with van der Waals surface area (Å²) in [5.74, 6) is 2.04. The van der Waals surface area contributed by atoms with Crippen LogP contribution < -0.4 is 20.1 Å². The van der Waals surface area contributed by atoms with Gasteiger partial charge in [-0.05, 0) is 49.2 Å². The number of ether oxygens (including phenoxy) is 2. The topological polar surface area (TPSA) is 94.5 Å². The predicted molar refractivity (Wildman–Crippen MR) is 118 cm³/mol. The minimum atomic E-state index is -0.251. The second-order valence-corrected chi connectivity index (χ2v) is 7.63. The van der Waals surface area contributed by atoms with E-state index in [-0.39, 0.29) is 17.7 Å². The zero-order chi connectivity index (χ0) is 22.0. The molecule has 2 amide bonds. The number of nitrogens with one attached hydrogen (secondary N) is 2. The van der Waals surface area contributed by atoms with E-state index >= 15 is 0 Å². The number of hydrogen-bond donors (Lipinski definition) is 2. The molecule has 0 saturated heterocycles. The van der Waals surface area contributed by atoms with Gasteiger partial charge in [0.05, 0.1) is 25.3 Å². The highest BCUT2D eigenvalue weighted by molar-refractivity contribution is 6.05. The van der Waals surface area contributed by atoms with E-state index in [4.69, 9.17) is 9.47 Å². The molecule has 2 aromatic carbocycles. The number of methoxy groups -OCH3 is 2. The molecule has 162 valence electrons. The number of hydrogen-bond acceptors (Lipinski definition) is 5. The summed E-state index contributed by atoms with van der Waals surface area (Å²) >= 11 is 0. The Bertz CT molecular complexity index is 1130. The number of amides is 2. The molecule has 8 nitrogen and oxygen atoms in total. The molecule has 1 aromatic heterocycles. The van der Waals surface area contributed by atoms with Gasteiger partial charge < -0.3 is 24.7 Å². The van der Waals surface area contributed by atoms with Gasteiger partial charge >= 0.3 is 0 Å². The molecule has 31 heavy (non-hydrogen) atoms. The van der Waals surface area contributed by atoms with Crippen molar-refractivity contribution < 1.29 is 19.1 Å². The van der Waals surface area contributed by atoms with E-state index in [0.29, 0.717) is 35.7 Å². The fourth-order valence-corrected chi connectivity index (χ4v) is 3.52. The highest BCUT2D eigenvalue weighted by atomic mass is 16.5. The average molecular weight is 422 g/mol. The van der Waals surface area contributed by atoms with Crippen molar-refractivity contribution in [2.75, 3.05) is 26.1 Å². The Balaban J connectivity index is 1.46. The number of nitrogens with zero attached hydrogens (tertiary/aromatic N) is 2. The quantitative estimate of drug-likeness (QED) is 0.582. The first-order valence-electron chi connectivity index (χ1n) is 10.3. The fourth-order valence-electron chi connectivity index (χ4n) is 3.52. The molecular formula is C23H26N4O4. The number of carbonyl (C=O) groups excluding carboxylic acids is 2. The van der Waals surface area contributed by atoms with E-state index in [0.717, 1.165) is 29.7 Å². The molecule has 1 heterocycles. The van der Waals surface area contributed by atoms with Crippen LogP contribution in [0, 0.1) is 5.92 Å². The third-order valence-electron chi connectivity index (χ3n) is 5.47. The molecule has 3 aromatic rings. The zero-order valence-electron chi connectivity index (χ0n) is 17.9. The van der Waals surface area contributed by atoms with E-state index < -0.39 is 0 Å². The van der Waals surface area contributed by atoms with E-state index in [1.807, 2.05) is 29.8 Å². The van der Waals surface area contributed by atoms with Crippen LogP contribution in [0.15, 0.2) is 36.4 Å². The van der Waals surface area contributed by atoms with Gasteiger partial charge in [0.2, 0.25) is 5.91 Å². The molecule has 0 aliphatic heterocycles. The summed E-state index contributed by atoms with van der Waals surface area (Å²) in [5, 5.41) is 5.87. The maximum Gasteiger partial charge on any atom is 0.255 e. The van der Waals surface area contributed by atoms with Crippen molar-refractivity contribution in [1.29, 1.82) is 0 Å². The van der Waals surface area contributed by atoms with Gasteiger partial charge in [0.25, 0.3) is 5.91 Å². The molecule has 0 radical (unpaired) electrons. The summed E-state index contributed by atoms with van der Waals surface area (Å²) in [4.78, 5) is 29.2. The van der Waals surface area contributed by atoms with Gasteiger partial charge in [-0.15, -0.1) is 0 Å². The Morgan fingerprint density at radius 2 is 1.87 bits per heavy atom. The molecule has 4 rings (SSSR count). The van der Waals surface area contributed by atoms with Crippen molar-refractivity contribution in [1.82, 2.24) is 14.9 Å². The molecule has 0 unspecified atom stereocenters. The molecule has 1 saturated carbocycles. The summed E-state index contributed by atoms with van der Waals surface area (Å²) in [7, 11) is 5.04. The van der Waals surface area contributed by atoms with E-state index in [2.05, 4.69) is 15.6 Å². The number of aryl methyl sites for hydroxylation is 1. The van der Waals surface area contributed by atoms with Crippen molar-refractivity contribution in [3.63, 3.8) is 0 Å². The van der Waals surface area contributed by atoms with Crippen molar-refractivity contribution in [2.45, 2.75) is 19.3 Å². The molecule has 0 spiro atoms. The Kier molecular flexibility index (Phi) is 5.79. The first-order chi connectivity index (χ1) is 15.0. The molecular weight excluding hydrogens is 396 g/mol. The Morgan fingerprint density at radius 3 is 2.58 bits per heavy atom. The summed E-state index contributed by atoms with van der Waals surface area (Å²) in [6.45, 7) is 0.565. The number of fused-ring (bicyclic) bond motifs is 1. The van der Waals surface area contributed by atoms with Gasteiger partial charge in [0.15, 0.2) is 11.5 Å². The van der Waals surface area contributed by atoms with Crippen LogP contribution in [-0.2, 0) is 18.3 Å². The standard InChI is InChI=1S/C23H26N4O4/c1-27-18-8-7-16(25-23(29)15-6-9-19(30-2)20(12-15)31-3)13-17(18)26-21(27)10-11-24-22(28)14-4-5-14/h6-9,12-14H,4-5,10-11H2,1-3H3,(H,24,28)(H,25,29). The van der Waals surface area contributed by atoms with Crippen molar-refractivity contribution in [2.24, 2.45) is 13.0 Å². The number of imidazole rings is 1. The highest BCUT2D eigenvalue weighted by Crippen LogP contribution is 2.29. The van der Waals surface area contributed by atoms with Crippen molar-refractivity contribution >= 4 is 28.5 Å². The molecule has 1 aliphatic carbocycles. The van der Waals surface area contributed by atoms with Crippen LogP contribution >= 0.6 is 0 Å². The van der Waals surface area contributed by atoms with Gasteiger partial charge in [-0.3, -0.25) is 9.59 Å². The number of rotatable bonds is 8. The monoisotopic (exact) mass is 422 g/mol. The molecule has 8 heteroatoms. The maximum atomic E-state index is 12.7. The Morgan fingerprint density at radius 1 is 1.10 bits per heavy atom. The normalized spacial score (nSPS) is 13.1. The number of carbonyl (C=O) groups is 2. The third-order valence-corrected chi connectivity index (χ3v) is 5.47. The lowest BCUT2D eigenvalue weighted by atomic mass is 10.1. The minimum absolute atomic E-state index is 0.138. The van der Waals surface area contributed by atoms with Crippen LogP contribution in [0.25, 0.3) is 11.0 Å². The van der Waals surface area contributed by atoms with Gasteiger partial charge in [-0.1, -0.05) is 0 Å². The number of benzene rings is 2. The van der Waals surface area contributed by atoms with Gasteiger partial charge in [-0.2, -0.15) is 0 Å². The van der Waals surface area contributed by atoms with Crippen LogP contribution in [0.1, 0.15) is 29.0 Å². The second kappa shape index (κ2) is 8.67. The van der Waals surface area contributed by atoms with Crippen LogP contribution in [-0.4, -0.2) is 42.1 Å². The number of anilines is 1. The lowest BCUT2D eigenvalue weighted by molar-refractivity contribution is -0.122. The first-order valence-corrected chi connectivity index (χ1v) is 10.3. The van der Waals surface area contributed by atoms with Gasteiger partial charge in [-0.25, -0.2) is 4.98 Å². The molecule has 0 atom stereocenters. The lowest BCUT2D eigenvalue weighted by Crippen LogP contribution is -2.27. The van der Waals surface area contributed by atoms with Crippen LogP contribution in [0.5, 0.6) is 11.5 Å². The molecule has 2 N–H and O–H groups in total. The lowest BCUT2D eigenvalue weighted by Gasteiger charge is -2.10. The summed E-state index contributed by atoms with van der Waals surface area (Å²) < 4.78 is 12.5. The fraction of sp³-hybridized carbons (Fsp3) is 0.348. The largest absolute Gasteiger partial charge is 0.493 e. The predicted octanol–water partition coefficient (Wildman–Crippen LogP) is 2.91. The SMILES string of the molecule is COc1ccc(C(=O)Nc2ccc3c(c2)nc(CCNC(=O)C2CC2)n3C)cc1OC. The summed E-state index contributed by atoms with van der Waals surface area (Å²) in [5.41, 5.74) is 2.87. The van der Waals surface area contributed by atoms with E-state index in [1.165, 1.54) is 7.11 Å². The van der Waals surface area contributed by atoms with E-state index in [1.54, 1.807) is 25.3 Å². The first kappa shape index (κ1) is 20.7. The summed E-state index contributed by atoms with van der Waals surface area (Å²) in [6.07, 6.45) is 2.64. The minimum Gasteiger partial charge on any atom is -0.493 e. The molecule has 0 bridgehead atoms. The molecule has 1 aliphatic rings. The second-order valence-electron chi connectivity index (χ2n) is 7.63. The third kappa shape index (κ3) is 4.47. The smallest absolute Gasteiger partial charge is 0.255 e. The van der Waals surface area contributed by atoms with Crippen LogP contribution in [0.2, 0.25) is 0 Å². The van der Waals surface area contributed by atoms with Crippen molar-refractivity contribution in [3.8, 4) is 11.5 Å². The zero-order valence-corrected chi connectivity index (χ0v) is 17.9. The maximum absolute atomic E-state index is 12.7. The van der Waals surface area contributed by atoms with E-state index in [9.17, 15) is 9.59 Å². The van der Waals surface area contributed by atoms with Crippen LogP contribution in [0.3, 0.4) is 0 Å². The van der Waals surface area contributed by atoms with Crippen molar-refractivity contribution in [3.05, 3.63) is 47.8 Å².